The Morgan fingerprint density at radius 3 is 2.53 bits per heavy atom. The van der Waals surface area contributed by atoms with Gasteiger partial charge in [-0.3, -0.25) is 14.5 Å². The second kappa shape index (κ2) is 9.99. The summed E-state index contributed by atoms with van der Waals surface area (Å²) in [4.78, 5) is 29.3. The summed E-state index contributed by atoms with van der Waals surface area (Å²) in [5.41, 5.74) is 1.12. The van der Waals surface area contributed by atoms with E-state index >= 15 is 0 Å². The van der Waals surface area contributed by atoms with Gasteiger partial charge < -0.3 is 15.4 Å². The van der Waals surface area contributed by atoms with Crippen LogP contribution in [0.5, 0.6) is 0 Å². The number of hydrogen-bond donors (Lipinski definition) is 2. The predicted molar refractivity (Wildman–Crippen MR) is 120 cm³/mol. The first-order valence-corrected chi connectivity index (χ1v) is 11.5. The van der Waals surface area contributed by atoms with Crippen molar-refractivity contribution in [1.82, 2.24) is 10.2 Å². The Bertz CT molecular complexity index is 967. The number of hydrogen-bond acceptors (Lipinski definition) is 6. The number of carbonyl (C=O) groups excluding carboxylic acids is 2. The Labute approximate surface area is 183 Å². The maximum atomic E-state index is 12.8. The lowest BCUT2D eigenvalue weighted by Crippen LogP contribution is -2.43. The van der Waals surface area contributed by atoms with Crippen molar-refractivity contribution >= 4 is 40.2 Å². The third-order valence-corrected chi connectivity index (χ3v) is 6.78. The molecule has 2 amide bonds. The third-order valence-electron chi connectivity index (χ3n) is 4.94. The summed E-state index contributed by atoms with van der Waals surface area (Å²) < 4.78 is 5.47. The maximum Gasteiger partial charge on any atom is 0.265 e. The second-order valence-corrected chi connectivity index (χ2v) is 8.83. The lowest BCUT2D eigenvalue weighted by molar-refractivity contribution is 0.0169. The van der Waals surface area contributed by atoms with Gasteiger partial charge in [-0.05, 0) is 41.1 Å². The molecule has 8 heteroatoms. The van der Waals surface area contributed by atoms with E-state index < -0.39 is 0 Å². The van der Waals surface area contributed by atoms with Crippen molar-refractivity contribution in [1.29, 1.82) is 0 Å². The van der Waals surface area contributed by atoms with Gasteiger partial charge in [0.15, 0.2) is 0 Å². The first-order chi connectivity index (χ1) is 14.7. The van der Waals surface area contributed by atoms with Gasteiger partial charge in [0.1, 0.15) is 0 Å². The molecular weight excluding hydrogens is 418 g/mol. The van der Waals surface area contributed by atoms with Crippen LogP contribution in [0.25, 0.3) is 0 Å². The second-order valence-electron chi connectivity index (χ2n) is 6.90. The lowest BCUT2D eigenvalue weighted by atomic mass is 10.1. The number of nitrogens with one attached hydrogen (secondary N) is 2. The number of amides is 2. The molecule has 2 aromatic heterocycles. The molecule has 0 radical (unpaired) electrons. The summed E-state index contributed by atoms with van der Waals surface area (Å²) in [5.74, 6) is -0.329. The average Bonchev–Trinajstić information content (AvgIpc) is 3.49. The van der Waals surface area contributed by atoms with Gasteiger partial charge in [0.05, 0.1) is 24.1 Å². The highest BCUT2D eigenvalue weighted by Gasteiger charge is 2.24. The number of thiophene rings is 2. The van der Waals surface area contributed by atoms with Gasteiger partial charge in [0.2, 0.25) is 0 Å². The van der Waals surface area contributed by atoms with Gasteiger partial charge in [0, 0.05) is 35.8 Å². The number of nitrogens with zero attached hydrogens (tertiary/aromatic N) is 1. The van der Waals surface area contributed by atoms with Gasteiger partial charge >= 0.3 is 0 Å². The van der Waals surface area contributed by atoms with E-state index in [4.69, 9.17) is 4.74 Å². The number of carbonyl (C=O) groups is 2. The van der Waals surface area contributed by atoms with E-state index in [1.54, 1.807) is 41.7 Å². The van der Waals surface area contributed by atoms with Crippen molar-refractivity contribution in [3.05, 3.63) is 74.6 Å². The van der Waals surface area contributed by atoms with Crippen LogP contribution in [-0.2, 0) is 4.74 Å². The van der Waals surface area contributed by atoms with Gasteiger partial charge in [-0.15, -0.1) is 22.7 Å². The summed E-state index contributed by atoms with van der Waals surface area (Å²) in [6.07, 6.45) is 0. The minimum Gasteiger partial charge on any atom is -0.379 e. The van der Waals surface area contributed by atoms with Crippen LogP contribution in [0.3, 0.4) is 0 Å². The van der Waals surface area contributed by atoms with Gasteiger partial charge in [0.25, 0.3) is 11.8 Å². The summed E-state index contributed by atoms with van der Waals surface area (Å²) in [6, 6.07) is 14.9. The molecule has 1 fully saturated rings. The van der Waals surface area contributed by atoms with Crippen LogP contribution >= 0.6 is 22.7 Å². The van der Waals surface area contributed by atoms with E-state index in [-0.39, 0.29) is 17.9 Å². The van der Waals surface area contributed by atoms with Crippen LogP contribution in [0.2, 0.25) is 0 Å². The van der Waals surface area contributed by atoms with Crippen molar-refractivity contribution in [2.75, 3.05) is 38.2 Å². The Kier molecular flexibility index (Phi) is 6.91. The molecule has 6 nitrogen and oxygen atoms in total. The van der Waals surface area contributed by atoms with Crippen LogP contribution in [0.1, 0.15) is 30.9 Å². The smallest absolute Gasteiger partial charge is 0.265 e. The van der Waals surface area contributed by atoms with E-state index in [0.29, 0.717) is 35.9 Å². The van der Waals surface area contributed by atoms with E-state index in [1.165, 1.54) is 16.2 Å². The summed E-state index contributed by atoms with van der Waals surface area (Å²) in [5, 5.41) is 9.84. The van der Waals surface area contributed by atoms with Crippen LogP contribution in [0.4, 0.5) is 5.69 Å². The molecule has 1 aliphatic heterocycles. The van der Waals surface area contributed by atoms with Crippen molar-refractivity contribution in [3.63, 3.8) is 0 Å². The van der Waals surface area contributed by atoms with Crippen molar-refractivity contribution in [2.45, 2.75) is 6.04 Å². The lowest BCUT2D eigenvalue weighted by Gasteiger charge is -2.34. The minimum absolute atomic E-state index is 0.125. The van der Waals surface area contributed by atoms with Gasteiger partial charge in [-0.25, -0.2) is 0 Å². The Morgan fingerprint density at radius 1 is 1.00 bits per heavy atom. The highest BCUT2D eigenvalue weighted by Crippen LogP contribution is 2.25. The monoisotopic (exact) mass is 441 g/mol. The van der Waals surface area contributed by atoms with E-state index in [9.17, 15) is 9.59 Å². The zero-order chi connectivity index (χ0) is 20.8. The topological polar surface area (TPSA) is 70.7 Å². The molecule has 1 saturated heterocycles. The van der Waals surface area contributed by atoms with Crippen molar-refractivity contribution in [3.8, 4) is 0 Å². The molecule has 1 aliphatic rings. The zero-order valence-electron chi connectivity index (χ0n) is 16.4. The molecular formula is C22H23N3O3S2. The number of ether oxygens (including phenoxy) is 1. The van der Waals surface area contributed by atoms with Crippen LogP contribution in [-0.4, -0.2) is 49.6 Å². The highest BCUT2D eigenvalue weighted by atomic mass is 32.1. The van der Waals surface area contributed by atoms with Crippen LogP contribution in [0, 0.1) is 0 Å². The largest absolute Gasteiger partial charge is 0.379 e. The minimum atomic E-state index is -0.173. The third kappa shape index (κ3) is 5.14. The molecule has 2 N–H and O–H groups in total. The summed E-state index contributed by atoms with van der Waals surface area (Å²) >= 11 is 3.08. The molecule has 0 saturated carbocycles. The Hall–Kier alpha value is -2.52. The highest BCUT2D eigenvalue weighted by molar-refractivity contribution is 7.12. The van der Waals surface area contributed by atoms with E-state index in [2.05, 4.69) is 27.0 Å². The molecule has 1 atom stereocenters. The quantitative estimate of drug-likeness (QED) is 0.584. The number of anilines is 1. The fourth-order valence-electron chi connectivity index (χ4n) is 3.41. The Morgan fingerprint density at radius 2 is 1.80 bits per heavy atom. The zero-order valence-corrected chi connectivity index (χ0v) is 18.0. The molecule has 4 rings (SSSR count). The van der Waals surface area contributed by atoms with Crippen molar-refractivity contribution < 1.29 is 14.3 Å². The number of morpholine rings is 1. The van der Waals surface area contributed by atoms with Gasteiger partial charge in [-0.1, -0.05) is 18.2 Å². The molecule has 3 heterocycles. The molecule has 0 aliphatic carbocycles. The number of benzene rings is 1. The molecule has 1 aromatic carbocycles. The predicted octanol–water partition coefficient (Wildman–Crippen LogP) is 3.87. The molecule has 156 valence electrons. The maximum absolute atomic E-state index is 12.8. The normalized spacial score (nSPS) is 15.5. The first-order valence-electron chi connectivity index (χ1n) is 9.79. The standard InChI is InChI=1S/C22H23N3O3S2/c26-21(16-4-1-5-17(14-16)24-22(27)20-7-3-13-30-20)23-15-18(19-6-2-12-29-19)25-8-10-28-11-9-25/h1-7,12-14,18H,8-11,15H2,(H,23,26)(H,24,27)/t18-/m1/s1. The molecule has 0 spiro atoms. The Balaban J connectivity index is 1.40. The van der Waals surface area contributed by atoms with Crippen LogP contribution in [0.15, 0.2) is 59.3 Å². The molecule has 30 heavy (non-hydrogen) atoms. The first kappa shape index (κ1) is 20.7. The van der Waals surface area contributed by atoms with E-state index in [1.807, 2.05) is 17.5 Å². The molecule has 0 bridgehead atoms. The molecule has 3 aromatic rings. The fourth-order valence-corrected chi connectivity index (χ4v) is 4.89. The summed E-state index contributed by atoms with van der Waals surface area (Å²) in [7, 11) is 0. The number of rotatable bonds is 7. The SMILES string of the molecule is O=C(NC[C@H](c1cccs1)N1CCOCC1)c1cccc(NC(=O)c2cccs2)c1. The van der Waals surface area contributed by atoms with Crippen molar-refractivity contribution in [2.24, 2.45) is 0 Å². The molecule has 0 unspecified atom stereocenters. The van der Waals surface area contributed by atoms with Crippen LogP contribution < -0.4 is 10.6 Å². The van der Waals surface area contributed by atoms with Gasteiger partial charge in [-0.2, -0.15) is 0 Å². The average molecular weight is 442 g/mol. The van der Waals surface area contributed by atoms with E-state index in [0.717, 1.165) is 13.1 Å². The summed E-state index contributed by atoms with van der Waals surface area (Å²) in [6.45, 7) is 3.64. The fraction of sp³-hybridized carbons (Fsp3) is 0.273.